The summed E-state index contributed by atoms with van der Waals surface area (Å²) in [5.41, 5.74) is 0. The third kappa shape index (κ3) is 4.81. The normalized spacial score (nSPS) is 15.6. The van der Waals surface area contributed by atoms with Crippen molar-refractivity contribution in [2.75, 3.05) is 0 Å². The van der Waals surface area contributed by atoms with Gasteiger partial charge in [0.1, 0.15) is 0 Å². The Hall–Kier alpha value is 2.28. The van der Waals surface area contributed by atoms with Crippen molar-refractivity contribution < 1.29 is 4.74 Å². The molecular weight excluding hydrogens is 372 g/mol. The van der Waals surface area contributed by atoms with Crippen molar-refractivity contribution in [2.24, 2.45) is 0 Å². The second kappa shape index (κ2) is 5.11. The Labute approximate surface area is 128 Å². The summed E-state index contributed by atoms with van der Waals surface area (Å²) in [5.74, 6) is 0. The largest absolute Gasteiger partial charge is 0.305 e. The van der Waals surface area contributed by atoms with Crippen molar-refractivity contribution in [3.8, 4) is 0 Å². The van der Waals surface area contributed by atoms with E-state index in [-0.39, 0.29) is 0 Å². The third-order valence-electron chi connectivity index (χ3n) is 1.28. The minimum atomic E-state index is -2.08. The smallest absolute Gasteiger partial charge is 0.253 e. The lowest BCUT2D eigenvalue weighted by atomic mass is 10.4. The Morgan fingerprint density at radius 2 is 0.800 bits per heavy atom. The van der Waals surface area contributed by atoms with Crippen LogP contribution in [0.15, 0.2) is 0 Å². The molecule has 0 amide bonds. The highest BCUT2D eigenvalue weighted by molar-refractivity contribution is 6.64. The molecule has 0 aliphatic rings. The van der Waals surface area contributed by atoms with E-state index in [9.17, 15) is 0 Å². The van der Waals surface area contributed by atoms with E-state index in [1.54, 1.807) is 0 Å². The predicted octanol–water partition coefficient (Wildman–Crippen LogP) is 5.65. The highest BCUT2D eigenvalue weighted by Crippen LogP contribution is 2.52. The molecule has 15 heavy (non-hydrogen) atoms. The predicted molar refractivity (Wildman–Crippen MR) is 70.2 cm³/mol. The maximum absolute atomic E-state index is 5.70. The van der Waals surface area contributed by atoms with Crippen LogP contribution in [0, 0.1) is 0 Å². The SMILES string of the molecule is CC(Cl)(Cl)C(Cl)(Cl)OC(Cl)(Cl)C(C)(Cl)Cl. The second-order valence-corrected chi connectivity index (χ2v) is 8.84. The van der Waals surface area contributed by atoms with Crippen LogP contribution in [0.3, 0.4) is 0 Å². The Morgan fingerprint density at radius 3 is 0.933 bits per heavy atom. The van der Waals surface area contributed by atoms with Gasteiger partial charge in [0, 0.05) is 0 Å². The molecule has 0 bridgehead atoms. The molecule has 0 saturated carbocycles. The van der Waals surface area contributed by atoms with Crippen LogP contribution in [0.25, 0.3) is 0 Å². The van der Waals surface area contributed by atoms with E-state index in [0.717, 1.165) is 0 Å². The van der Waals surface area contributed by atoms with Gasteiger partial charge in [-0.1, -0.05) is 92.8 Å². The summed E-state index contributed by atoms with van der Waals surface area (Å²) in [5, 5.41) is 0. The summed E-state index contributed by atoms with van der Waals surface area (Å²) >= 11 is 45.4. The van der Waals surface area contributed by atoms with E-state index in [1.807, 2.05) is 0 Å². The molecule has 0 aliphatic heterocycles. The van der Waals surface area contributed by atoms with E-state index in [2.05, 4.69) is 0 Å². The van der Waals surface area contributed by atoms with Gasteiger partial charge in [-0.15, -0.1) is 0 Å². The number of hydrogen-bond acceptors (Lipinski definition) is 1. The van der Waals surface area contributed by atoms with E-state index >= 15 is 0 Å². The molecule has 0 aliphatic carbocycles. The summed E-state index contributed by atoms with van der Waals surface area (Å²) in [4.78, 5) is 0. The number of alkyl halides is 8. The quantitative estimate of drug-likeness (QED) is 0.575. The highest BCUT2D eigenvalue weighted by atomic mass is 35.5. The van der Waals surface area contributed by atoms with Crippen molar-refractivity contribution in [2.45, 2.75) is 31.6 Å². The lowest BCUT2D eigenvalue weighted by molar-refractivity contribution is 0.0150. The van der Waals surface area contributed by atoms with Crippen LogP contribution in [-0.2, 0) is 4.74 Å². The molecule has 0 radical (unpaired) electrons. The standard InChI is InChI=1S/C6H6Cl8O/c1-3(7,8)5(11,12)15-6(13,14)4(2,9)10/h1-2H3. The minimum absolute atomic E-state index is 1.29. The van der Waals surface area contributed by atoms with Crippen LogP contribution >= 0.6 is 92.8 Å². The van der Waals surface area contributed by atoms with Gasteiger partial charge in [-0.2, -0.15) is 0 Å². The van der Waals surface area contributed by atoms with Gasteiger partial charge in [0.25, 0.3) is 9.04 Å². The molecular formula is C6H6Cl8O. The summed E-state index contributed by atoms with van der Waals surface area (Å²) in [7, 11) is 0. The minimum Gasteiger partial charge on any atom is -0.305 e. The molecule has 92 valence electrons. The van der Waals surface area contributed by atoms with Gasteiger partial charge in [0.2, 0.25) is 0 Å². The lowest BCUT2D eigenvalue weighted by Crippen LogP contribution is -2.47. The topological polar surface area (TPSA) is 9.23 Å². The van der Waals surface area contributed by atoms with E-state index < -0.39 is 17.7 Å². The molecule has 0 unspecified atom stereocenters. The molecule has 0 atom stereocenters. The number of ether oxygens (including phenoxy) is 1. The highest BCUT2D eigenvalue weighted by Gasteiger charge is 2.55. The van der Waals surface area contributed by atoms with Gasteiger partial charge in [-0.05, 0) is 13.8 Å². The van der Waals surface area contributed by atoms with Gasteiger partial charge in [-0.3, -0.25) is 0 Å². The van der Waals surface area contributed by atoms with Crippen LogP contribution < -0.4 is 0 Å². The first-order valence-corrected chi connectivity index (χ1v) is 6.44. The number of rotatable bonds is 4. The van der Waals surface area contributed by atoms with Crippen molar-refractivity contribution in [1.29, 1.82) is 0 Å². The van der Waals surface area contributed by atoms with E-state index in [0.29, 0.717) is 0 Å². The van der Waals surface area contributed by atoms with Crippen molar-refractivity contribution >= 4 is 92.8 Å². The van der Waals surface area contributed by atoms with Crippen LogP contribution in [0.2, 0.25) is 0 Å². The molecule has 1 nitrogen and oxygen atoms in total. The molecule has 0 N–H and O–H groups in total. The van der Waals surface area contributed by atoms with E-state index in [1.165, 1.54) is 13.8 Å². The van der Waals surface area contributed by atoms with Crippen LogP contribution in [0.1, 0.15) is 13.8 Å². The van der Waals surface area contributed by atoms with E-state index in [4.69, 9.17) is 97.5 Å². The van der Waals surface area contributed by atoms with Crippen molar-refractivity contribution in [3.63, 3.8) is 0 Å². The second-order valence-electron chi connectivity index (χ2n) is 2.91. The fourth-order valence-electron chi connectivity index (χ4n) is 0.340. The summed E-state index contributed by atoms with van der Waals surface area (Å²) in [6.45, 7) is 2.58. The fraction of sp³-hybridized carbons (Fsp3) is 1.00. The first-order chi connectivity index (χ1) is 6.21. The average molecular weight is 378 g/mol. The Balaban J connectivity index is 4.89. The first-order valence-electron chi connectivity index (χ1n) is 3.42. The maximum Gasteiger partial charge on any atom is 0.253 e. The maximum atomic E-state index is 5.70. The Morgan fingerprint density at radius 1 is 0.600 bits per heavy atom. The molecule has 0 saturated heterocycles. The molecule has 0 spiro atoms. The number of halogens is 8. The average Bonchev–Trinajstić information content (AvgIpc) is 1.77. The molecule has 0 heterocycles. The molecule has 9 heteroatoms. The Kier molecular flexibility index (Phi) is 5.88. The number of hydrogen-bond donors (Lipinski definition) is 0. The zero-order chi connectivity index (χ0) is 12.7. The molecule has 0 aromatic heterocycles. The van der Waals surface area contributed by atoms with Crippen LogP contribution in [0.5, 0.6) is 0 Å². The third-order valence-corrected chi connectivity index (χ3v) is 4.94. The van der Waals surface area contributed by atoms with Gasteiger partial charge in [0.15, 0.2) is 8.67 Å². The van der Waals surface area contributed by atoms with Crippen molar-refractivity contribution in [3.05, 3.63) is 0 Å². The molecule has 0 fully saturated rings. The van der Waals surface area contributed by atoms with Crippen molar-refractivity contribution in [1.82, 2.24) is 0 Å². The monoisotopic (exact) mass is 374 g/mol. The summed E-state index contributed by atoms with van der Waals surface area (Å²) in [6.07, 6.45) is 0. The first kappa shape index (κ1) is 17.3. The van der Waals surface area contributed by atoms with Crippen LogP contribution in [0.4, 0.5) is 0 Å². The summed E-state index contributed by atoms with van der Waals surface area (Å²) < 4.78 is -2.59. The summed E-state index contributed by atoms with van der Waals surface area (Å²) in [6, 6.07) is 0. The van der Waals surface area contributed by atoms with Gasteiger partial charge in [-0.25, -0.2) is 0 Å². The van der Waals surface area contributed by atoms with Gasteiger partial charge < -0.3 is 4.74 Å². The molecule has 0 rings (SSSR count). The van der Waals surface area contributed by atoms with Crippen LogP contribution in [-0.4, -0.2) is 17.7 Å². The zero-order valence-corrected chi connectivity index (χ0v) is 13.5. The fourth-order valence-corrected chi connectivity index (χ4v) is 1.12. The van der Waals surface area contributed by atoms with Gasteiger partial charge in [0.05, 0.1) is 0 Å². The molecule has 0 aromatic carbocycles. The van der Waals surface area contributed by atoms with Gasteiger partial charge >= 0.3 is 0 Å². The molecule has 0 aromatic rings. The zero-order valence-electron chi connectivity index (χ0n) is 7.43. The Bertz CT molecular complexity index is 200. The lowest BCUT2D eigenvalue weighted by Gasteiger charge is -2.38.